The molecule has 1 heterocycles. The number of aliphatic hydroxyl groups is 1. The van der Waals surface area contributed by atoms with E-state index >= 15 is 0 Å². The fourth-order valence-corrected chi connectivity index (χ4v) is 3.24. The number of hydrogen-bond acceptors (Lipinski definition) is 4. The number of hydrogen-bond donors (Lipinski definition) is 1. The number of aliphatic hydroxyl groups excluding tert-OH is 1. The molecule has 1 aliphatic rings. The lowest BCUT2D eigenvalue weighted by atomic mass is 9.86. The zero-order valence-corrected chi connectivity index (χ0v) is 11.5. The van der Waals surface area contributed by atoms with E-state index in [9.17, 15) is 0 Å². The van der Waals surface area contributed by atoms with Gasteiger partial charge >= 0.3 is 0 Å². The number of aryl methyl sites for hydroxylation is 1. The minimum absolute atomic E-state index is 0.363. The first-order valence-electron chi connectivity index (χ1n) is 6.41. The van der Waals surface area contributed by atoms with Crippen LogP contribution < -0.4 is 0 Å². The van der Waals surface area contributed by atoms with Gasteiger partial charge in [-0.1, -0.05) is 0 Å². The molecule has 1 fully saturated rings. The highest BCUT2D eigenvalue weighted by Crippen LogP contribution is 2.27. The molecular formula is C13H22N2OS. The van der Waals surface area contributed by atoms with Gasteiger partial charge in [0, 0.05) is 24.6 Å². The summed E-state index contributed by atoms with van der Waals surface area (Å²) in [4.78, 5) is 6.93. The predicted molar refractivity (Wildman–Crippen MR) is 71.1 cm³/mol. The molecule has 0 aliphatic heterocycles. The van der Waals surface area contributed by atoms with Crippen LogP contribution in [0.3, 0.4) is 0 Å². The van der Waals surface area contributed by atoms with Gasteiger partial charge in [-0.2, -0.15) is 0 Å². The van der Waals surface area contributed by atoms with E-state index in [2.05, 4.69) is 29.2 Å². The van der Waals surface area contributed by atoms with Gasteiger partial charge in [-0.15, -0.1) is 11.3 Å². The average Bonchev–Trinajstić information content (AvgIpc) is 2.75. The molecule has 1 aliphatic carbocycles. The molecule has 1 N–H and O–H groups in total. The van der Waals surface area contributed by atoms with Crippen LogP contribution in [0.5, 0.6) is 0 Å². The van der Waals surface area contributed by atoms with Crippen LogP contribution in [0.15, 0.2) is 5.38 Å². The number of aromatic nitrogens is 1. The van der Waals surface area contributed by atoms with E-state index in [0.717, 1.165) is 11.6 Å². The summed E-state index contributed by atoms with van der Waals surface area (Å²) in [7, 11) is 2.19. The van der Waals surface area contributed by atoms with Crippen molar-refractivity contribution in [2.75, 3.05) is 13.7 Å². The summed E-state index contributed by atoms with van der Waals surface area (Å²) in [5.41, 5.74) is 1.19. The number of rotatable bonds is 4. The van der Waals surface area contributed by atoms with Gasteiger partial charge in [0.1, 0.15) is 0 Å². The molecule has 3 nitrogen and oxygen atoms in total. The van der Waals surface area contributed by atoms with Gasteiger partial charge in [-0.05, 0) is 45.6 Å². The molecule has 96 valence electrons. The molecule has 0 unspecified atom stereocenters. The first-order chi connectivity index (χ1) is 8.19. The quantitative estimate of drug-likeness (QED) is 0.896. The van der Waals surface area contributed by atoms with Crippen molar-refractivity contribution in [1.29, 1.82) is 0 Å². The van der Waals surface area contributed by atoms with E-state index < -0.39 is 0 Å². The van der Waals surface area contributed by atoms with Gasteiger partial charge < -0.3 is 5.11 Å². The highest BCUT2D eigenvalue weighted by molar-refractivity contribution is 7.09. The largest absolute Gasteiger partial charge is 0.396 e. The first kappa shape index (κ1) is 13.0. The smallest absolute Gasteiger partial charge is 0.0897 e. The van der Waals surface area contributed by atoms with Crippen molar-refractivity contribution in [2.24, 2.45) is 5.92 Å². The Morgan fingerprint density at radius 3 is 2.65 bits per heavy atom. The van der Waals surface area contributed by atoms with Crippen molar-refractivity contribution in [3.63, 3.8) is 0 Å². The van der Waals surface area contributed by atoms with Crippen LogP contribution in [0, 0.1) is 12.8 Å². The average molecular weight is 254 g/mol. The maximum atomic E-state index is 9.13. The van der Waals surface area contributed by atoms with Crippen LogP contribution in [0.1, 0.15) is 36.4 Å². The second kappa shape index (κ2) is 5.94. The second-order valence-corrected chi connectivity index (χ2v) is 6.19. The lowest BCUT2D eigenvalue weighted by Gasteiger charge is -2.33. The van der Waals surface area contributed by atoms with E-state index in [1.165, 1.54) is 31.4 Å². The number of thiazole rings is 1. The minimum atomic E-state index is 0.363. The Hall–Kier alpha value is -0.450. The monoisotopic (exact) mass is 254 g/mol. The molecular weight excluding hydrogens is 232 g/mol. The van der Waals surface area contributed by atoms with E-state index in [4.69, 9.17) is 5.11 Å². The van der Waals surface area contributed by atoms with Crippen molar-refractivity contribution < 1.29 is 5.11 Å². The molecule has 1 aromatic heterocycles. The normalized spacial score (nSPS) is 25.4. The zero-order chi connectivity index (χ0) is 12.3. The third-order valence-corrected chi connectivity index (χ3v) is 4.60. The topological polar surface area (TPSA) is 36.4 Å². The fraction of sp³-hybridized carbons (Fsp3) is 0.769. The maximum Gasteiger partial charge on any atom is 0.0897 e. The molecule has 0 amide bonds. The Balaban J connectivity index is 1.82. The van der Waals surface area contributed by atoms with Crippen molar-refractivity contribution in [2.45, 2.75) is 45.2 Å². The second-order valence-electron chi connectivity index (χ2n) is 5.13. The summed E-state index contributed by atoms with van der Waals surface area (Å²) < 4.78 is 0. The lowest BCUT2D eigenvalue weighted by molar-refractivity contribution is 0.123. The van der Waals surface area contributed by atoms with Gasteiger partial charge in [-0.25, -0.2) is 4.98 Å². The van der Waals surface area contributed by atoms with E-state index in [1.807, 2.05) is 0 Å². The molecule has 0 aromatic carbocycles. The lowest BCUT2D eigenvalue weighted by Crippen LogP contribution is -2.35. The Bertz CT molecular complexity index is 345. The van der Waals surface area contributed by atoms with Crippen LogP contribution >= 0.6 is 11.3 Å². The molecule has 0 radical (unpaired) electrons. The van der Waals surface area contributed by atoms with E-state index in [1.54, 1.807) is 11.3 Å². The summed E-state index contributed by atoms with van der Waals surface area (Å²) in [5, 5.41) is 12.4. The summed E-state index contributed by atoms with van der Waals surface area (Å²) in [5.74, 6) is 0.543. The highest BCUT2D eigenvalue weighted by Gasteiger charge is 2.23. The minimum Gasteiger partial charge on any atom is -0.396 e. The third-order valence-electron chi connectivity index (χ3n) is 3.78. The van der Waals surface area contributed by atoms with Crippen molar-refractivity contribution in [3.05, 3.63) is 16.1 Å². The fourth-order valence-electron chi connectivity index (χ4n) is 2.63. The molecule has 0 spiro atoms. The van der Waals surface area contributed by atoms with Gasteiger partial charge in [0.25, 0.3) is 0 Å². The van der Waals surface area contributed by atoms with Gasteiger partial charge in [-0.3, -0.25) is 4.90 Å². The summed E-state index contributed by atoms with van der Waals surface area (Å²) in [6, 6.07) is 0.666. The Kier molecular flexibility index (Phi) is 4.54. The molecule has 1 aromatic rings. The van der Waals surface area contributed by atoms with Crippen molar-refractivity contribution >= 4 is 11.3 Å². The molecule has 0 atom stereocenters. The van der Waals surface area contributed by atoms with Crippen LogP contribution in [0.25, 0.3) is 0 Å². The van der Waals surface area contributed by atoms with Gasteiger partial charge in [0.05, 0.1) is 10.7 Å². The van der Waals surface area contributed by atoms with E-state index in [0.29, 0.717) is 18.6 Å². The molecule has 0 bridgehead atoms. The van der Waals surface area contributed by atoms with Crippen LogP contribution in [0.4, 0.5) is 0 Å². The molecule has 4 heteroatoms. The zero-order valence-electron chi connectivity index (χ0n) is 10.7. The van der Waals surface area contributed by atoms with E-state index in [-0.39, 0.29) is 0 Å². The SMILES string of the molecule is Cc1nc(CN(C)C2CCC(CO)CC2)cs1. The standard InChI is InChI=1S/C13H22N2OS/c1-10-14-12(9-17-10)7-15(2)13-5-3-11(8-16)4-6-13/h9,11,13,16H,3-8H2,1-2H3. The third kappa shape index (κ3) is 3.50. The molecule has 1 saturated carbocycles. The van der Waals surface area contributed by atoms with Crippen LogP contribution in [0.2, 0.25) is 0 Å². The Labute approximate surface area is 107 Å². The van der Waals surface area contributed by atoms with Crippen LogP contribution in [-0.2, 0) is 6.54 Å². The van der Waals surface area contributed by atoms with Crippen molar-refractivity contribution in [1.82, 2.24) is 9.88 Å². The van der Waals surface area contributed by atoms with Gasteiger partial charge in [0.15, 0.2) is 0 Å². The van der Waals surface area contributed by atoms with Gasteiger partial charge in [0.2, 0.25) is 0 Å². The summed E-state index contributed by atoms with van der Waals surface area (Å²) in [6.45, 7) is 3.38. The Morgan fingerprint density at radius 1 is 1.41 bits per heavy atom. The van der Waals surface area contributed by atoms with Crippen molar-refractivity contribution in [3.8, 4) is 0 Å². The first-order valence-corrected chi connectivity index (χ1v) is 7.29. The summed E-state index contributed by atoms with van der Waals surface area (Å²) in [6.07, 6.45) is 4.76. The predicted octanol–water partition coefficient (Wildman–Crippen LogP) is 2.43. The number of nitrogens with zero attached hydrogens (tertiary/aromatic N) is 2. The molecule has 2 rings (SSSR count). The summed E-state index contributed by atoms with van der Waals surface area (Å²) >= 11 is 1.73. The maximum absolute atomic E-state index is 9.13. The highest BCUT2D eigenvalue weighted by atomic mass is 32.1. The molecule has 17 heavy (non-hydrogen) atoms. The van der Waals surface area contributed by atoms with Crippen LogP contribution in [-0.4, -0.2) is 34.7 Å². The Morgan fingerprint density at radius 2 is 2.12 bits per heavy atom. The molecule has 0 saturated heterocycles.